The van der Waals surface area contributed by atoms with Gasteiger partial charge in [0.2, 0.25) is 0 Å². The minimum absolute atomic E-state index is 0.207. The third kappa shape index (κ3) is 6.34. The Hall–Kier alpha value is -0.830. The standard InChI is InChI=1S/C10H19NO2/c1-5-13-10(12)9(2)7-6-8-11(3)4/h7H,5-6,8H2,1-4H3/b9-7+. The lowest BCUT2D eigenvalue weighted by Gasteiger charge is -2.06. The summed E-state index contributed by atoms with van der Waals surface area (Å²) in [4.78, 5) is 13.2. The summed E-state index contributed by atoms with van der Waals surface area (Å²) in [5.41, 5.74) is 0.698. The van der Waals surface area contributed by atoms with Crippen molar-refractivity contribution in [1.29, 1.82) is 0 Å². The van der Waals surface area contributed by atoms with Gasteiger partial charge in [-0.2, -0.15) is 0 Å². The molecule has 0 rings (SSSR count). The molecule has 0 heterocycles. The fraction of sp³-hybridized carbons (Fsp3) is 0.700. The molecule has 0 spiro atoms. The van der Waals surface area contributed by atoms with E-state index in [-0.39, 0.29) is 5.97 Å². The van der Waals surface area contributed by atoms with Gasteiger partial charge < -0.3 is 9.64 Å². The molecule has 0 saturated heterocycles. The number of carbonyl (C=O) groups is 1. The SMILES string of the molecule is CCOC(=O)/C(C)=C/CCN(C)C. The van der Waals surface area contributed by atoms with Gasteiger partial charge in [0.05, 0.1) is 6.61 Å². The molecule has 0 aliphatic heterocycles. The molecule has 0 saturated carbocycles. The van der Waals surface area contributed by atoms with Crippen LogP contribution < -0.4 is 0 Å². The van der Waals surface area contributed by atoms with Crippen LogP contribution in [-0.4, -0.2) is 38.1 Å². The monoisotopic (exact) mass is 185 g/mol. The zero-order valence-corrected chi connectivity index (χ0v) is 8.96. The summed E-state index contributed by atoms with van der Waals surface area (Å²) in [6, 6.07) is 0. The van der Waals surface area contributed by atoms with E-state index in [1.54, 1.807) is 6.92 Å². The van der Waals surface area contributed by atoms with Crippen LogP contribution in [0.2, 0.25) is 0 Å². The maximum absolute atomic E-state index is 11.1. The normalized spacial score (nSPS) is 11.9. The summed E-state index contributed by atoms with van der Waals surface area (Å²) in [6.45, 7) is 4.99. The lowest BCUT2D eigenvalue weighted by atomic mass is 10.2. The van der Waals surface area contributed by atoms with Crippen molar-refractivity contribution < 1.29 is 9.53 Å². The van der Waals surface area contributed by atoms with Crippen LogP contribution >= 0.6 is 0 Å². The largest absolute Gasteiger partial charge is 0.463 e. The average Bonchev–Trinajstić information content (AvgIpc) is 2.04. The highest BCUT2D eigenvalue weighted by atomic mass is 16.5. The Morgan fingerprint density at radius 1 is 1.46 bits per heavy atom. The van der Waals surface area contributed by atoms with E-state index in [4.69, 9.17) is 4.74 Å². The highest BCUT2D eigenvalue weighted by Gasteiger charge is 2.02. The van der Waals surface area contributed by atoms with Crippen LogP contribution in [0.5, 0.6) is 0 Å². The second-order valence-electron chi connectivity index (χ2n) is 3.20. The Kier molecular flexibility index (Phi) is 6.24. The van der Waals surface area contributed by atoms with Crippen molar-refractivity contribution >= 4 is 5.97 Å². The van der Waals surface area contributed by atoms with Crippen molar-refractivity contribution in [3.8, 4) is 0 Å². The van der Waals surface area contributed by atoms with E-state index in [1.807, 2.05) is 27.1 Å². The minimum atomic E-state index is -0.207. The van der Waals surface area contributed by atoms with E-state index >= 15 is 0 Å². The van der Waals surface area contributed by atoms with Crippen LogP contribution in [0.3, 0.4) is 0 Å². The first-order valence-electron chi connectivity index (χ1n) is 4.56. The molecule has 0 atom stereocenters. The summed E-state index contributed by atoms with van der Waals surface area (Å²) in [6.07, 6.45) is 2.80. The van der Waals surface area contributed by atoms with Crippen LogP contribution in [0.4, 0.5) is 0 Å². The average molecular weight is 185 g/mol. The van der Waals surface area contributed by atoms with E-state index in [1.165, 1.54) is 0 Å². The first kappa shape index (κ1) is 12.2. The summed E-state index contributed by atoms with van der Waals surface area (Å²) >= 11 is 0. The third-order valence-electron chi connectivity index (χ3n) is 1.62. The molecular weight excluding hydrogens is 166 g/mol. The van der Waals surface area contributed by atoms with Crippen LogP contribution in [0.15, 0.2) is 11.6 Å². The Morgan fingerprint density at radius 3 is 2.54 bits per heavy atom. The fourth-order valence-corrected chi connectivity index (χ4v) is 0.868. The zero-order valence-electron chi connectivity index (χ0n) is 8.96. The predicted molar refractivity (Wildman–Crippen MR) is 53.6 cm³/mol. The lowest BCUT2D eigenvalue weighted by Crippen LogP contribution is -2.12. The van der Waals surface area contributed by atoms with Gasteiger partial charge in [-0.05, 0) is 34.4 Å². The van der Waals surface area contributed by atoms with E-state index in [2.05, 4.69) is 4.90 Å². The number of carbonyl (C=O) groups excluding carboxylic acids is 1. The Labute approximate surface area is 80.4 Å². The van der Waals surface area contributed by atoms with Crippen molar-refractivity contribution in [3.05, 3.63) is 11.6 Å². The van der Waals surface area contributed by atoms with Gasteiger partial charge >= 0.3 is 5.97 Å². The maximum atomic E-state index is 11.1. The molecule has 0 aromatic carbocycles. The smallest absolute Gasteiger partial charge is 0.333 e. The van der Waals surface area contributed by atoms with Crippen LogP contribution in [-0.2, 0) is 9.53 Å². The molecule has 13 heavy (non-hydrogen) atoms. The quantitative estimate of drug-likeness (QED) is 0.479. The molecule has 76 valence electrons. The van der Waals surface area contributed by atoms with E-state index in [9.17, 15) is 4.79 Å². The summed E-state index contributed by atoms with van der Waals surface area (Å²) in [5, 5.41) is 0. The lowest BCUT2D eigenvalue weighted by molar-refractivity contribution is -0.138. The van der Waals surface area contributed by atoms with Crippen LogP contribution in [0.1, 0.15) is 20.3 Å². The number of nitrogens with zero attached hydrogens (tertiary/aromatic N) is 1. The van der Waals surface area contributed by atoms with Gasteiger partial charge in [-0.3, -0.25) is 0 Å². The molecule has 0 aromatic heterocycles. The molecule has 0 amide bonds. The number of rotatable bonds is 5. The highest BCUT2D eigenvalue weighted by Crippen LogP contribution is 1.99. The molecule has 0 aromatic rings. The van der Waals surface area contributed by atoms with Gasteiger partial charge in [0.1, 0.15) is 0 Å². The molecule has 0 aliphatic carbocycles. The molecule has 0 N–H and O–H groups in total. The predicted octanol–water partition coefficient (Wildman–Crippen LogP) is 1.45. The first-order chi connectivity index (χ1) is 6.07. The van der Waals surface area contributed by atoms with E-state index in [0.717, 1.165) is 13.0 Å². The van der Waals surface area contributed by atoms with E-state index in [0.29, 0.717) is 12.2 Å². The van der Waals surface area contributed by atoms with Gasteiger partial charge in [-0.25, -0.2) is 4.79 Å². The van der Waals surface area contributed by atoms with Gasteiger partial charge in [0.15, 0.2) is 0 Å². The minimum Gasteiger partial charge on any atom is -0.463 e. The highest BCUT2D eigenvalue weighted by molar-refractivity contribution is 5.87. The molecule has 3 nitrogen and oxygen atoms in total. The Morgan fingerprint density at radius 2 is 2.08 bits per heavy atom. The van der Waals surface area contributed by atoms with Crippen molar-refractivity contribution in [2.24, 2.45) is 0 Å². The molecule has 0 radical (unpaired) electrons. The molecule has 0 fully saturated rings. The molecule has 0 bridgehead atoms. The number of ether oxygens (including phenoxy) is 1. The second-order valence-corrected chi connectivity index (χ2v) is 3.20. The molecule has 3 heteroatoms. The summed E-state index contributed by atoms with van der Waals surface area (Å²) in [7, 11) is 4.01. The van der Waals surface area contributed by atoms with Gasteiger partial charge in [-0.1, -0.05) is 6.08 Å². The third-order valence-corrected chi connectivity index (χ3v) is 1.62. The maximum Gasteiger partial charge on any atom is 0.333 e. The number of hydrogen-bond donors (Lipinski definition) is 0. The Bertz CT molecular complexity index is 185. The molecule has 0 unspecified atom stereocenters. The summed E-state index contributed by atoms with van der Waals surface area (Å²) < 4.78 is 4.84. The van der Waals surface area contributed by atoms with Crippen LogP contribution in [0.25, 0.3) is 0 Å². The topological polar surface area (TPSA) is 29.5 Å². The molecular formula is C10H19NO2. The van der Waals surface area contributed by atoms with Gasteiger partial charge in [-0.15, -0.1) is 0 Å². The van der Waals surface area contributed by atoms with Crippen molar-refractivity contribution in [2.45, 2.75) is 20.3 Å². The number of esters is 1. The Balaban J connectivity index is 3.80. The van der Waals surface area contributed by atoms with Crippen molar-refractivity contribution in [1.82, 2.24) is 4.90 Å². The van der Waals surface area contributed by atoms with Crippen LogP contribution in [0, 0.1) is 0 Å². The summed E-state index contributed by atoms with van der Waals surface area (Å²) in [5.74, 6) is -0.207. The first-order valence-corrected chi connectivity index (χ1v) is 4.56. The van der Waals surface area contributed by atoms with E-state index < -0.39 is 0 Å². The number of hydrogen-bond acceptors (Lipinski definition) is 3. The van der Waals surface area contributed by atoms with Gasteiger partial charge in [0, 0.05) is 12.1 Å². The van der Waals surface area contributed by atoms with Crippen molar-refractivity contribution in [3.63, 3.8) is 0 Å². The van der Waals surface area contributed by atoms with Crippen molar-refractivity contribution in [2.75, 3.05) is 27.2 Å². The zero-order chi connectivity index (χ0) is 10.3. The van der Waals surface area contributed by atoms with Gasteiger partial charge in [0.25, 0.3) is 0 Å². The second kappa shape index (κ2) is 6.66. The fourth-order valence-electron chi connectivity index (χ4n) is 0.868. The molecule has 0 aliphatic rings.